The molecule has 1 aliphatic rings. The number of furan rings is 1. The van der Waals surface area contributed by atoms with Crippen molar-refractivity contribution in [3.8, 4) is 0 Å². The Labute approximate surface area is 150 Å². The van der Waals surface area contributed by atoms with Gasteiger partial charge < -0.3 is 14.6 Å². The van der Waals surface area contributed by atoms with Gasteiger partial charge in [-0.2, -0.15) is 0 Å². The summed E-state index contributed by atoms with van der Waals surface area (Å²) >= 11 is 3.45. The quantitative estimate of drug-likeness (QED) is 0.864. The molecular formula is C18H22BrN3O2. The number of rotatable bonds is 3. The fourth-order valence-electron chi connectivity index (χ4n) is 3.22. The molecule has 0 aromatic carbocycles. The highest BCUT2D eigenvalue weighted by Gasteiger charge is 2.24. The smallest absolute Gasteiger partial charge is 0.255 e. The van der Waals surface area contributed by atoms with E-state index in [1.54, 1.807) is 6.07 Å². The molecule has 1 N–H and O–H groups in total. The van der Waals surface area contributed by atoms with Crippen LogP contribution in [-0.2, 0) is 0 Å². The van der Waals surface area contributed by atoms with Gasteiger partial charge in [-0.3, -0.25) is 4.79 Å². The van der Waals surface area contributed by atoms with Crippen molar-refractivity contribution >= 4 is 27.7 Å². The van der Waals surface area contributed by atoms with Crippen molar-refractivity contribution < 1.29 is 9.21 Å². The lowest BCUT2D eigenvalue weighted by atomic mass is 10.0. The van der Waals surface area contributed by atoms with Gasteiger partial charge in [0, 0.05) is 29.8 Å². The number of aromatic nitrogens is 1. The van der Waals surface area contributed by atoms with Crippen molar-refractivity contribution in [2.24, 2.45) is 0 Å². The fraction of sp³-hybridized carbons (Fsp3) is 0.444. The molecule has 3 heterocycles. The van der Waals surface area contributed by atoms with E-state index in [0.717, 1.165) is 47.5 Å². The number of amides is 1. The van der Waals surface area contributed by atoms with Crippen LogP contribution in [0.4, 0.5) is 5.82 Å². The number of hydrogen-bond acceptors (Lipinski definition) is 4. The van der Waals surface area contributed by atoms with Crippen LogP contribution in [0.1, 0.15) is 40.3 Å². The summed E-state index contributed by atoms with van der Waals surface area (Å²) in [6, 6.07) is 4.08. The van der Waals surface area contributed by atoms with E-state index in [1.165, 1.54) is 0 Å². The number of carbonyl (C=O) groups is 1. The molecule has 3 rings (SSSR count). The molecule has 1 aliphatic heterocycles. The van der Waals surface area contributed by atoms with E-state index in [2.05, 4.69) is 44.1 Å². The third-order valence-corrected chi connectivity index (χ3v) is 4.87. The predicted molar refractivity (Wildman–Crippen MR) is 97.6 cm³/mol. The number of hydrogen-bond donors (Lipinski definition) is 1. The van der Waals surface area contributed by atoms with Crippen molar-refractivity contribution in [1.29, 1.82) is 0 Å². The van der Waals surface area contributed by atoms with Gasteiger partial charge in [-0.25, -0.2) is 4.98 Å². The lowest BCUT2D eigenvalue weighted by molar-refractivity contribution is 0.0929. The van der Waals surface area contributed by atoms with Crippen LogP contribution in [-0.4, -0.2) is 30.0 Å². The molecule has 0 unspecified atom stereocenters. The first-order valence-corrected chi connectivity index (χ1v) is 8.98. The van der Waals surface area contributed by atoms with Gasteiger partial charge in [0.15, 0.2) is 0 Å². The van der Waals surface area contributed by atoms with Gasteiger partial charge in [0.2, 0.25) is 0 Å². The molecule has 2 aromatic rings. The largest absolute Gasteiger partial charge is 0.466 e. The molecule has 0 spiro atoms. The number of aryl methyl sites for hydroxylation is 3. The van der Waals surface area contributed by atoms with Crippen LogP contribution >= 0.6 is 15.9 Å². The zero-order chi connectivity index (χ0) is 17.3. The third-order valence-electron chi connectivity index (χ3n) is 4.43. The molecule has 128 valence electrons. The average molecular weight is 392 g/mol. The van der Waals surface area contributed by atoms with Crippen LogP contribution in [0.5, 0.6) is 0 Å². The van der Waals surface area contributed by atoms with Gasteiger partial charge in [-0.15, -0.1) is 0 Å². The lowest BCUT2D eigenvalue weighted by Crippen LogP contribution is -2.45. The number of pyridine rings is 1. The number of anilines is 1. The second kappa shape index (κ2) is 6.97. The molecule has 2 aromatic heterocycles. The first-order valence-electron chi connectivity index (χ1n) is 8.19. The number of halogens is 1. The molecule has 0 radical (unpaired) electrons. The zero-order valence-electron chi connectivity index (χ0n) is 14.2. The standard InChI is InChI=1S/C18H22BrN3O2/c1-11-8-14(19)10-20-17(11)22-6-4-15(5-7-22)21-18(23)16-9-12(2)24-13(16)3/h8-10,15H,4-7H2,1-3H3,(H,21,23). The molecule has 1 saturated heterocycles. The van der Waals surface area contributed by atoms with E-state index in [-0.39, 0.29) is 11.9 Å². The van der Waals surface area contributed by atoms with Crippen molar-refractivity contribution in [3.63, 3.8) is 0 Å². The summed E-state index contributed by atoms with van der Waals surface area (Å²) in [5.74, 6) is 2.44. The summed E-state index contributed by atoms with van der Waals surface area (Å²) in [4.78, 5) is 19.2. The van der Waals surface area contributed by atoms with Crippen LogP contribution in [0.25, 0.3) is 0 Å². The predicted octanol–water partition coefficient (Wildman–Crippen LogP) is 3.76. The topological polar surface area (TPSA) is 58.4 Å². The molecule has 5 nitrogen and oxygen atoms in total. The van der Waals surface area contributed by atoms with Gasteiger partial charge in [-0.05, 0) is 67.2 Å². The van der Waals surface area contributed by atoms with Crippen molar-refractivity contribution in [2.45, 2.75) is 39.7 Å². The number of nitrogens with zero attached hydrogens (tertiary/aromatic N) is 2. The second-order valence-corrected chi connectivity index (χ2v) is 7.27. The molecule has 0 saturated carbocycles. The maximum Gasteiger partial charge on any atom is 0.255 e. The van der Waals surface area contributed by atoms with E-state index in [4.69, 9.17) is 4.42 Å². The maximum atomic E-state index is 12.4. The minimum atomic E-state index is -0.0410. The lowest BCUT2D eigenvalue weighted by Gasteiger charge is -2.34. The van der Waals surface area contributed by atoms with E-state index >= 15 is 0 Å². The van der Waals surface area contributed by atoms with Crippen LogP contribution in [0.15, 0.2) is 27.2 Å². The SMILES string of the molecule is Cc1cc(C(=O)NC2CCN(c3ncc(Br)cc3C)CC2)c(C)o1. The van der Waals surface area contributed by atoms with Gasteiger partial charge in [0.05, 0.1) is 5.56 Å². The first-order chi connectivity index (χ1) is 11.4. The molecule has 0 aliphatic carbocycles. The van der Waals surface area contributed by atoms with Crippen LogP contribution in [0.3, 0.4) is 0 Å². The van der Waals surface area contributed by atoms with Crippen LogP contribution < -0.4 is 10.2 Å². The highest BCUT2D eigenvalue weighted by Crippen LogP contribution is 2.24. The molecule has 24 heavy (non-hydrogen) atoms. The van der Waals surface area contributed by atoms with Gasteiger partial charge in [0.1, 0.15) is 17.3 Å². The summed E-state index contributed by atoms with van der Waals surface area (Å²) in [6.07, 6.45) is 3.66. The molecule has 1 amide bonds. The number of nitrogens with one attached hydrogen (secondary N) is 1. The summed E-state index contributed by atoms with van der Waals surface area (Å²) in [5.41, 5.74) is 1.80. The third kappa shape index (κ3) is 3.64. The summed E-state index contributed by atoms with van der Waals surface area (Å²) in [7, 11) is 0. The van der Waals surface area contributed by atoms with Gasteiger partial charge in [0.25, 0.3) is 5.91 Å². The van der Waals surface area contributed by atoms with E-state index in [0.29, 0.717) is 11.3 Å². The monoisotopic (exact) mass is 391 g/mol. The highest BCUT2D eigenvalue weighted by atomic mass is 79.9. The first kappa shape index (κ1) is 17.0. The van der Waals surface area contributed by atoms with E-state index in [9.17, 15) is 4.79 Å². The zero-order valence-corrected chi connectivity index (χ0v) is 15.8. The van der Waals surface area contributed by atoms with Crippen molar-refractivity contribution in [1.82, 2.24) is 10.3 Å². The van der Waals surface area contributed by atoms with Gasteiger partial charge >= 0.3 is 0 Å². The summed E-state index contributed by atoms with van der Waals surface area (Å²) < 4.78 is 6.44. The van der Waals surface area contributed by atoms with E-state index < -0.39 is 0 Å². The Kier molecular flexibility index (Phi) is 4.94. The summed E-state index contributed by atoms with van der Waals surface area (Å²) in [5, 5.41) is 3.13. The molecule has 1 fully saturated rings. The Morgan fingerprint density at radius 3 is 2.58 bits per heavy atom. The molecular weight excluding hydrogens is 370 g/mol. The van der Waals surface area contributed by atoms with E-state index in [1.807, 2.05) is 20.0 Å². The minimum Gasteiger partial charge on any atom is -0.466 e. The van der Waals surface area contributed by atoms with Crippen LogP contribution in [0, 0.1) is 20.8 Å². The average Bonchev–Trinajstić information content (AvgIpc) is 2.87. The maximum absolute atomic E-state index is 12.4. The Hall–Kier alpha value is -1.82. The number of carbonyl (C=O) groups excluding carboxylic acids is 1. The Bertz CT molecular complexity index is 749. The number of piperidine rings is 1. The fourth-order valence-corrected chi connectivity index (χ4v) is 3.67. The van der Waals surface area contributed by atoms with Crippen LogP contribution in [0.2, 0.25) is 0 Å². The Morgan fingerprint density at radius 2 is 2.00 bits per heavy atom. The summed E-state index contributed by atoms with van der Waals surface area (Å²) in [6.45, 7) is 7.54. The van der Waals surface area contributed by atoms with Crippen molar-refractivity contribution in [2.75, 3.05) is 18.0 Å². The minimum absolute atomic E-state index is 0.0410. The van der Waals surface area contributed by atoms with Gasteiger partial charge in [-0.1, -0.05) is 0 Å². The Balaban J connectivity index is 1.59. The molecule has 6 heteroatoms. The molecule has 0 atom stereocenters. The Morgan fingerprint density at radius 1 is 1.29 bits per heavy atom. The highest BCUT2D eigenvalue weighted by molar-refractivity contribution is 9.10. The van der Waals surface area contributed by atoms with Crippen molar-refractivity contribution in [3.05, 3.63) is 45.4 Å². The molecule has 0 bridgehead atoms. The normalized spacial score (nSPS) is 15.6. The second-order valence-electron chi connectivity index (χ2n) is 6.36.